The SMILES string of the molecule is C=C(C1=CCCC=C1)[C@@]12C(=O)C(CC=C(C)C)C(=O)C(CC=C(C)C)(C[C@H](CC=C(C)C)C1(C)C)C2=O. The standard InChI is InChI=1S/C34H46O3/c1-22(2)15-17-27-21-33(20-19-24(5)6)29(35)28(18-16-23(3)4)30(36)34(31(33)37,32(27,8)9)25(7)26-13-11-10-12-14-26/h11,13-16,19,27-28H,7,10,12,17-18,20-21H2,1-6,8-9H3/t27-,28?,33?,34-/m0/s1. The number of hydrogen-bond donors (Lipinski definition) is 0. The lowest BCUT2D eigenvalue weighted by molar-refractivity contribution is -0.180. The summed E-state index contributed by atoms with van der Waals surface area (Å²) in [6.45, 7) is 20.7. The van der Waals surface area contributed by atoms with Crippen LogP contribution in [-0.2, 0) is 14.4 Å². The summed E-state index contributed by atoms with van der Waals surface area (Å²) in [6.07, 6.45) is 16.1. The van der Waals surface area contributed by atoms with E-state index in [1.165, 1.54) is 5.57 Å². The van der Waals surface area contributed by atoms with Gasteiger partial charge in [0.15, 0.2) is 17.3 Å². The first-order valence-corrected chi connectivity index (χ1v) is 13.8. The Bertz CT molecular complexity index is 1140. The Hall–Kier alpha value is -2.55. The number of ketones is 3. The van der Waals surface area contributed by atoms with Crippen LogP contribution in [-0.4, -0.2) is 17.3 Å². The molecule has 0 radical (unpaired) electrons. The molecule has 0 aliphatic heterocycles. The van der Waals surface area contributed by atoms with Crippen molar-refractivity contribution in [3.05, 3.63) is 70.9 Å². The van der Waals surface area contributed by atoms with Gasteiger partial charge >= 0.3 is 0 Å². The van der Waals surface area contributed by atoms with Crippen LogP contribution in [0.5, 0.6) is 0 Å². The summed E-state index contributed by atoms with van der Waals surface area (Å²) in [5.41, 5.74) is 1.42. The Morgan fingerprint density at radius 1 is 0.892 bits per heavy atom. The van der Waals surface area contributed by atoms with Crippen molar-refractivity contribution < 1.29 is 14.4 Å². The largest absolute Gasteiger partial charge is 0.298 e. The van der Waals surface area contributed by atoms with Gasteiger partial charge in [-0.1, -0.05) is 73.6 Å². The third-order valence-corrected chi connectivity index (χ3v) is 9.06. The first-order valence-electron chi connectivity index (χ1n) is 13.8. The van der Waals surface area contributed by atoms with Crippen molar-refractivity contribution in [2.24, 2.45) is 28.1 Å². The third kappa shape index (κ3) is 4.75. The Kier molecular flexibility index (Phi) is 8.37. The van der Waals surface area contributed by atoms with Crippen molar-refractivity contribution in [3.63, 3.8) is 0 Å². The van der Waals surface area contributed by atoms with Crippen LogP contribution in [0.3, 0.4) is 0 Å². The average Bonchev–Trinajstić information content (AvgIpc) is 2.82. The molecule has 3 rings (SSSR count). The van der Waals surface area contributed by atoms with Crippen LogP contribution in [0.2, 0.25) is 0 Å². The summed E-state index contributed by atoms with van der Waals surface area (Å²) in [5, 5.41) is 0. The maximum atomic E-state index is 14.9. The quantitative estimate of drug-likeness (QED) is 0.248. The highest BCUT2D eigenvalue weighted by Gasteiger charge is 2.75. The lowest BCUT2D eigenvalue weighted by atomic mass is 9.36. The molecular formula is C34H46O3. The summed E-state index contributed by atoms with van der Waals surface area (Å²) >= 11 is 0. The fourth-order valence-electron chi connectivity index (χ4n) is 6.79. The Morgan fingerprint density at radius 2 is 1.49 bits per heavy atom. The van der Waals surface area contributed by atoms with Crippen molar-refractivity contribution in [2.75, 3.05) is 0 Å². The van der Waals surface area contributed by atoms with E-state index in [0.717, 1.165) is 36.0 Å². The molecule has 3 aliphatic carbocycles. The van der Waals surface area contributed by atoms with Crippen molar-refractivity contribution in [2.45, 2.75) is 93.9 Å². The molecule has 4 atom stereocenters. The fraction of sp³-hybridized carbons (Fsp3) is 0.559. The molecule has 0 amide bonds. The minimum atomic E-state index is -1.44. The molecule has 2 fully saturated rings. The lowest BCUT2D eigenvalue weighted by Gasteiger charge is -2.62. The highest BCUT2D eigenvalue weighted by Crippen LogP contribution is 2.67. The second kappa shape index (κ2) is 10.7. The van der Waals surface area contributed by atoms with Crippen molar-refractivity contribution in [1.29, 1.82) is 0 Å². The average molecular weight is 503 g/mol. The van der Waals surface area contributed by atoms with Crippen LogP contribution in [0.25, 0.3) is 0 Å². The van der Waals surface area contributed by atoms with Gasteiger partial charge in [-0.3, -0.25) is 14.4 Å². The summed E-state index contributed by atoms with van der Waals surface area (Å²) in [4.78, 5) is 44.0. The maximum Gasteiger partial charge on any atom is 0.165 e. The van der Waals surface area contributed by atoms with Gasteiger partial charge in [0.2, 0.25) is 0 Å². The van der Waals surface area contributed by atoms with Crippen LogP contribution in [0.15, 0.2) is 70.9 Å². The second-order valence-corrected chi connectivity index (χ2v) is 12.7. The Balaban J connectivity index is 2.38. The van der Waals surface area contributed by atoms with E-state index in [1.54, 1.807) is 0 Å². The number of Topliss-reactive ketones (excluding diaryl/α,β-unsaturated/α-hetero) is 3. The first kappa shape index (κ1) is 29.0. The molecule has 2 saturated carbocycles. The molecule has 200 valence electrons. The first-order chi connectivity index (χ1) is 17.2. The highest BCUT2D eigenvalue weighted by molar-refractivity contribution is 6.31. The summed E-state index contributed by atoms with van der Waals surface area (Å²) < 4.78 is 0. The van der Waals surface area contributed by atoms with E-state index in [4.69, 9.17) is 0 Å². The van der Waals surface area contributed by atoms with Crippen molar-refractivity contribution in [1.82, 2.24) is 0 Å². The minimum Gasteiger partial charge on any atom is -0.298 e. The predicted molar refractivity (Wildman–Crippen MR) is 153 cm³/mol. The van der Waals surface area contributed by atoms with Gasteiger partial charge in [-0.25, -0.2) is 0 Å². The van der Waals surface area contributed by atoms with E-state index in [9.17, 15) is 14.4 Å². The number of carbonyl (C=O) groups is 3. The predicted octanol–water partition coefficient (Wildman–Crippen LogP) is 8.24. The van der Waals surface area contributed by atoms with E-state index in [2.05, 4.69) is 52.5 Å². The molecule has 0 spiro atoms. The van der Waals surface area contributed by atoms with Crippen LogP contribution < -0.4 is 0 Å². The summed E-state index contributed by atoms with van der Waals surface area (Å²) in [7, 11) is 0. The number of carbonyl (C=O) groups excluding carboxylic acids is 3. The molecule has 0 aromatic rings. The molecule has 3 aliphatic rings. The molecular weight excluding hydrogens is 456 g/mol. The molecule has 37 heavy (non-hydrogen) atoms. The highest BCUT2D eigenvalue weighted by atomic mass is 16.2. The Morgan fingerprint density at radius 3 is 2.03 bits per heavy atom. The van der Waals surface area contributed by atoms with Gasteiger partial charge in [-0.2, -0.15) is 0 Å². The van der Waals surface area contributed by atoms with Crippen molar-refractivity contribution in [3.8, 4) is 0 Å². The van der Waals surface area contributed by atoms with Gasteiger partial charge in [-0.05, 0) is 103 Å². The van der Waals surface area contributed by atoms with Crippen LogP contribution in [0.4, 0.5) is 0 Å². The topological polar surface area (TPSA) is 51.2 Å². The molecule has 0 aromatic heterocycles. The van der Waals surface area contributed by atoms with Gasteiger partial charge in [0, 0.05) is 0 Å². The summed E-state index contributed by atoms with van der Waals surface area (Å²) in [5.74, 6) is -1.51. The van der Waals surface area contributed by atoms with E-state index in [-0.39, 0.29) is 23.3 Å². The number of hydrogen-bond acceptors (Lipinski definition) is 3. The van der Waals surface area contributed by atoms with E-state index in [0.29, 0.717) is 24.8 Å². The molecule has 0 aromatic carbocycles. The Labute approximate surface area is 224 Å². The molecule has 2 bridgehead atoms. The van der Waals surface area contributed by atoms with Crippen molar-refractivity contribution >= 4 is 17.3 Å². The normalized spacial score (nSPS) is 30.4. The van der Waals surface area contributed by atoms with Gasteiger partial charge in [-0.15, -0.1) is 0 Å². The zero-order valence-corrected chi connectivity index (χ0v) is 24.3. The molecule has 3 heteroatoms. The third-order valence-electron chi connectivity index (χ3n) is 9.06. The fourth-order valence-corrected chi connectivity index (χ4v) is 6.79. The van der Waals surface area contributed by atoms with E-state index < -0.39 is 22.2 Å². The van der Waals surface area contributed by atoms with Gasteiger partial charge in [0.25, 0.3) is 0 Å². The molecule has 0 saturated heterocycles. The van der Waals surface area contributed by atoms with Crippen LogP contribution >= 0.6 is 0 Å². The molecule has 0 heterocycles. The lowest BCUT2D eigenvalue weighted by Crippen LogP contribution is -2.72. The molecule has 2 unspecified atom stereocenters. The zero-order valence-electron chi connectivity index (χ0n) is 24.3. The second-order valence-electron chi connectivity index (χ2n) is 12.7. The van der Waals surface area contributed by atoms with Crippen LogP contribution in [0, 0.1) is 28.1 Å². The number of rotatable bonds is 8. The smallest absolute Gasteiger partial charge is 0.165 e. The van der Waals surface area contributed by atoms with E-state index in [1.807, 2.05) is 45.9 Å². The maximum absolute atomic E-state index is 14.9. The van der Waals surface area contributed by atoms with Crippen LogP contribution in [0.1, 0.15) is 93.9 Å². The van der Waals surface area contributed by atoms with Gasteiger partial charge < -0.3 is 0 Å². The van der Waals surface area contributed by atoms with Gasteiger partial charge in [0.05, 0.1) is 11.3 Å². The number of fused-ring (bicyclic) bond motifs is 2. The number of allylic oxidation sites excluding steroid dienone is 11. The molecule has 3 nitrogen and oxygen atoms in total. The zero-order chi connectivity index (χ0) is 27.8. The minimum absolute atomic E-state index is 0.0205. The summed E-state index contributed by atoms with van der Waals surface area (Å²) in [6, 6.07) is 0. The molecule has 0 N–H and O–H groups in total. The van der Waals surface area contributed by atoms with E-state index >= 15 is 0 Å². The van der Waals surface area contributed by atoms with Gasteiger partial charge in [0.1, 0.15) is 5.41 Å². The monoisotopic (exact) mass is 502 g/mol.